The summed E-state index contributed by atoms with van der Waals surface area (Å²) in [6.45, 7) is 11.0. The number of anilines is 1. The second-order valence-electron chi connectivity index (χ2n) is 8.55. The molecule has 1 N–H and O–H groups in total. The summed E-state index contributed by atoms with van der Waals surface area (Å²) < 4.78 is 5.85. The van der Waals surface area contributed by atoms with E-state index in [1.165, 1.54) is 0 Å². The number of piperidine rings is 1. The largest absolute Gasteiger partial charge is 0.369 e. The van der Waals surface area contributed by atoms with E-state index in [-0.39, 0.29) is 23.6 Å². The molecule has 2 fully saturated rings. The molecule has 2 saturated heterocycles. The monoisotopic (exact) mass is 373 g/mol. The molecule has 0 aliphatic carbocycles. The first-order valence-electron chi connectivity index (χ1n) is 9.86. The Kier molecular flexibility index (Phi) is 5.75. The summed E-state index contributed by atoms with van der Waals surface area (Å²) in [5.41, 5.74) is 1.02. The lowest BCUT2D eigenvalue weighted by Crippen LogP contribution is -2.54. The highest BCUT2D eigenvalue weighted by atomic mass is 16.5. The van der Waals surface area contributed by atoms with E-state index in [1.807, 2.05) is 25.7 Å². The van der Waals surface area contributed by atoms with Gasteiger partial charge in [-0.25, -0.2) is 4.79 Å². The molecule has 27 heavy (non-hydrogen) atoms. The maximum atomic E-state index is 12.6. The van der Waals surface area contributed by atoms with Gasteiger partial charge in [-0.2, -0.15) is 0 Å². The first-order chi connectivity index (χ1) is 12.7. The quantitative estimate of drug-likeness (QED) is 0.862. The van der Waals surface area contributed by atoms with Crippen LogP contribution in [0.1, 0.15) is 50.9 Å². The van der Waals surface area contributed by atoms with E-state index in [0.29, 0.717) is 30.3 Å². The van der Waals surface area contributed by atoms with Gasteiger partial charge in [0.25, 0.3) is 5.91 Å². The van der Waals surface area contributed by atoms with Gasteiger partial charge in [0.1, 0.15) is 0 Å². The van der Waals surface area contributed by atoms with Gasteiger partial charge in [0.15, 0.2) is 0 Å². The number of rotatable bonds is 2. The van der Waals surface area contributed by atoms with E-state index in [4.69, 9.17) is 4.74 Å². The minimum atomic E-state index is -0.350. The summed E-state index contributed by atoms with van der Waals surface area (Å²) in [6.07, 6.45) is 2.13. The lowest BCUT2D eigenvalue weighted by Gasteiger charge is -2.41. The molecule has 148 valence electrons. The van der Waals surface area contributed by atoms with Crippen LogP contribution in [0, 0.1) is 5.92 Å². The summed E-state index contributed by atoms with van der Waals surface area (Å²) in [5.74, 6) is 0.767. The van der Waals surface area contributed by atoms with Crippen LogP contribution in [0.5, 0.6) is 0 Å². The Morgan fingerprint density at radius 2 is 1.70 bits per heavy atom. The molecule has 1 aromatic carbocycles. The number of urea groups is 1. The van der Waals surface area contributed by atoms with E-state index in [1.54, 1.807) is 29.2 Å². The van der Waals surface area contributed by atoms with Crippen LogP contribution < -0.4 is 5.32 Å². The third-order valence-corrected chi connectivity index (χ3v) is 5.31. The maximum absolute atomic E-state index is 12.6. The van der Waals surface area contributed by atoms with Crippen LogP contribution in [0.4, 0.5) is 10.5 Å². The molecule has 0 bridgehead atoms. The normalized spacial score (nSPS) is 23.2. The van der Waals surface area contributed by atoms with Crippen LogP contribution in [-0.2, 0) is 4.74 Å². The highest BCUT2D eigenvalue weighted by Crippen LogP contribution is 2.22. The minimum absolute atomic E-state index is 0.00626. The van der Waals surface area contributed by atoms with Crippen molar-refractivity contribution < 1.29 is 14.3 Å². The molecule has 6 heteroatoms. The average Bonchev–Trinajstić information content (AvgIpc) is 2.60. The van der Waals surface area contributed by atoms with Crippen LogP contribution in [-0.4, -0.2) is 59.6 Å². The summed E-state index contributed by atoms with van der Waals surface area (Å²) in [6, 6.07) is 7.05. The summed E-state index contributed by atoms with van der Waals surface area (Å²) >= 11 is 0. The number of nitrogens with one attached hydrogen (secondary N) is 1. The van der Waals surface area contributed by atoms with Crippen molar-refractivity contribution >= 4 is 17.6 Å². The van der Waals surface area contributed by atoms with Crippen molar-refractivity contribution in [2.75, 3.05) is 31.5 Å². The van der Waals surface area contributed by atoms with Gasteiger partial charge >= 0.3 is 6.03 Å². The van der Waals surface area contributed by atoms with Gasteiger partial charge in [0, 0.05) is 30.9 Å². The number of hydrogen-bond acceptors (Lipinski definition) is 3. The average molecular weight is 373 g/mol. The Bertz CT molecular complexity index is 678. The number of benzene rings is 1. The SMILES string of the molecule is CC1CCN(C(=O)c2ccc(NC(=O)N3CC(C)OC(C)(C)C3)cc2)CC1. The Morgan fingerprint density at radius 3 is 2.30 bits per heavy atom. The lowest BCUT2D eigenvalue weighted by molar-refractivity contribution is -0.116. The van der Waals surface area contributed by atoms with E-state index < -0.39 is 0 Å². The predicted octanol–water partition coefficient (Wildman–Crippen LogP) is 3.59. The molecule has 0 spiro atoms. The van der Waals surface area contributed by atoms with Gasteiger partial charge in [-0.05, 0) is 63.8 Å². The standard InChI is InChI=1S/C21H31N3O3/c1-15-9-11-23(12-10-15)19(25)17-5-7-18(8-6-17)22-20(26)24-13-16(2)27-21(3,4)14-24/h5-8,15-16H,9-14H2,1-4H3,(H,22,26). The number of likely N-dealkylation sites (tertiary alicyclic amines) is 1. The van der Waals surface area contributed by atoms with Crippen molar-refractivity contribution in [3.63, 3.8) is 0 Å². The van der Waals surface area contributed by atoms with Crippen molar-refractivity contribution in [2.45, 2.75) is 52.2 Å². The molecule has 2 aliphatic rings. The molecular formula is C21H31N3O3. The van der Waals surface area contributed by atoms with Crippen molar-refractivity contribution in [3.8, 4) is 0 Å². The number of ether oxygens (including phenoxy) is 1. The smallest absolute Gasteiger partial charge is 0.322 e. The molecular weight excluding hydrogens is 342 g/mol. The molecule has 1 atom stereocenters. The minimum Gasteiger partial charge on any atom is -0.369 e. The zero-order valence-corrected chi connectivity index (χ0v) is 16.8. The number of hydrogen-bond donors (Lipinski definition) is 1. The lowest BCUT2D eigenvalue weighted by atomic mass is 9.98. The van der Waals surface area contributed by atoms with E-state index >= 15 is 0 Å². The fraction of sp³-hybridized carbons (Fsp3) is 0.619. The second kappa shape index (κ2) is 7.89. The van der Waals surface area contributed by atoms with Gasteiger partial charge in [0.05, 0.1) is 18.2 Å². The van der Waals surface area contributed by atoms with Gasteiger partial charge in [-0.1, -0.05) is 6.92 Å². The van der Waals surface area contributed by atoms with Gasteiger partial charge in [0.2, 0.25) is 0 Å². The number of nitrogens with zero attached hydrogens (tertiary/aromatic N) is 2. The van der Waals surface area contributed by atoms with Crippen molar-refractivity contribution in [3.05, 3.63) is 29.8 Å². The Hall–Kier alpha value is -2.08. The number of carbonyl (C=O) groups is 2. The molecule has 6 nitrogen and oxygen atoms in total. The van der Waals surface area contributed by atoms with Crippen molar-refractivity contribution in [2.24, 2.45) is 5.92 Å². The van der Waals surface area contributed by atoms with E-state index in [9.17, 15) is 9.59 Å². The highest BCUT2D eigenvalue weighted by molar-refractivity contribution is 5.95. The van der Waals surface area contributed by atoms with Crippen LogP contribution in [0.15, 0.2) is 24.3 Å². The van der Waals surface area contributed by atoms with Crippen LogP contribution in [0.3, 0.4) is 0 Å². The molecule has 1 unspecified atom stereocenters. The molecule has 1 aromatic rings. The molecule has 3 rings (SSSR count). The topological polar surface area (TPSA) is 61.9 Å². The maximum Gasteiger partial charge on any atom is 0.322 e. The van der Waals surface area contributed by atoms with Crippen molar-refractivity contribution in [1.29, 1.82) is 0 Å². The van der Waals surface area contributed by atoms with Crippen LogP contribution in [0.2, 0.25) is 0 Å². The van der Waals surface area contributed by atoms with Crippen LogP contribution in [0.25, 0.3) is 0 Å². The van der Waals surface area contributed by atoms with E-state index in [2.05, 4.69) is 12.2 Å². The van der Waals surface area contributed by atoms with Crippen molar-refractivity contribution in [1.82, 2.24) is 9.80 Å². The molecule has 0 aromatic heterocycles. The summed E-state index contributed by atoms with van der Waals surface area (Å²) in [5, 5.41) is 2.93. The molecule has 0 saturated carbocycles. The third-order valence-electron chi connectivity index (χ3n) is 5.31. The number of carbonyl (C=O) groups excluding carboxylic acids is 2. The number of morpholine rings is 1. The summed E-state index contributed by atoms with van der Waals surface area (Å²) in [7, 11) is 0. The fourth-order valence-corrected chi connectivity index (χ4v) is 3.90. The highest BCUT2D eigenvalue weighted by Gasteiger charge is 2.33. The van der Waals surface area contributed by atoms with Crippen LogP contribution >= 0.6 is 0 Å². The number of amides is 3. The summed E-state index contributed by atoms with van der Waals surface area (Å²) in [4.78, 5) is 28.9. The Balaban J connectivity index is 1.59. The molecule has 0 radical (unpaired) electrons. The van der Waals surface area contributed by atoms with Gasteiger partial charge < -0.3 is 19.9 Å². The molecule has 2 aliphatic heterocycles. The van der Waals surface area contributed by atoms with E-state index in [0.717, 1.165) is 25.9 Å². The Morgan fingerprint density at radius 1 is 1.07 bits per heavy atom. The molecule has 2 heterocycles. The first kappa shape index (κ1) is 19.7. The zero-order chi connectivity index (χ0) is 19.6. The fourth-order valence-electron chi connectivity index (χ4n) is 3.90. The molecule has 3 amide bonds. The zero-order valence-electron chi connectivity index (χ0n) is 16.8. The van der Waals surface area contributed by atoms with Gasteiger partial charge in [-0.15, -0.1) is 0 Å². The Labute approximate surface area is 161 Å². The predicted molar refractivity (Wildman–Crippen MR) is 106 cm³/mol. The second-order valence-corrected chi connectivity index (χ2v) is 8.55. The third kappa shape index (κ3) is 5.01. The van der Waals surface area contributed by atoms with Gasteiger partial charge in [-0.3, -0.25) is 4.79 Å². The first-order valence-corrected chi connectivity index (χ1v) is 9.86.